The molecule has 3 aromatic rings. The Kier molecular flexibility index (Phi) is 8.10. The Labute approximate surface area is 208 Å². The van der Waals surface area contributed by atoms with E-state index in [1.165, 1.54) is 53.9 Å². The summed E-state index contributed by atoms with van der Waals surface area (Å²) in [6, 6.07) is 15.5. The van der Waals surface area contributed by atoms with Gasteiger partial charge < -0.3 is 24.8 Å². The van der Waals surface area contributed by atoms with Gasteiger partial charge in [-0.2, -0.15) is 0 Å². The molecule has 144 valence electrons. The standard InChI is InChI=1S/C25H20S.2ClH.Zr/c1-16(2)21-13-14-22-24(21)23(18-8-4-5-9-18)25(26-22)20-12-11-17-7-3-6-10-19(17)15-20;;;/h3-8,10-15H,9H2,1-2H3;2*1H;/q;;;+2/p-2. The summed E-state index contributed by atoms with van der Waals surface area (Å²) >= 11 is 1.93. The molecule has 0 unspecified atom stereocenters. The summed E-state index contributed by atoms with van der Waals surface area (Å²) in [5, 5.41) is 2.61. The molecule has 2 aliphatic carbocycles. The van der Waals surface area contributed by atoms with Crippen LogP contribution in [0, 0.1) is 0 Å². The van der Waals surface area contributed by atoms with E-state index in [9.17, 15) is 0 Å². The molecular weight excluding hydrogens is 494 g/mol. The van der Waals surface area contributed by atoms with Crippen LogP contribution in [0.5, 0.6) is 0 Å². The fourth-order valence-electron chi connectivity index (χ4n) is 3.97. The summed E-state index contributed by atoms with van der Waals surface area (Å²) in [4.78, 5) is 2.80. The maximum Gasteiger partial charge on any atom is 2.00 e. The van der Waals surface area contributed by atoms with Crippen LogP contribution in [-0.4, -0.2) is 0 Å². The van der Waals surface area contributed by atoms with E-state index in [2.05, 4.69) is 86.7 Å². The number of allylic oxidation sites excluding steroid dienone is 7. The van der Waals surface area contributed by atoms with Gasteiger partial charge in [0.2, 0.25) is 0 Å². The van der Waals surface area contributed by atoms with E-state index < -0.39 is 0 Å². The molecule has 4 heteroatoms. The molecule has 1 heterocycles. The van der Waals surface area contributed by atoms with E-state index in [-0.39, 0.29) is 51.0 Å². The summed E-state index contributed by atoms with van der Waals surface area (Å²) in [6.45, 7) is 4.43. The summed E-state index contributed by atoms with van der Waals surface area (Å²) < 4.78 is 0. The topological polar surface area (TPSA) is 0 Å². The number of fused-ring (bicyclic) bond motifs is 2. The van der Waals surface area contributed by atoms with E-state index in [1.807, 2.05) is 11.3 Å². The van der Waals surface area contributed by atoms with Gasteiger partial charge >= 0.3 is 26.2 Å². The first kappa shape index (κ1) is 24.1. The van der Waals surface area contributed by atoms with Crippen LogP contribution in [0.2, 0.25) is 0 Å². The van der Waals surface area contributed by atoms with Crippen molar-refractivity contribution in [2.45, 2.75) is 20.3 Å². The van der Waals surface area contributed by atoms with Crippen LogP contribution in [0.15, 0.2) is 72.3 Å². The molecule has 0 saturated heterocycles. The summed E-state index contributed by atoms with van der Waals surface area (Å²) in [5.74, 6) is 0. The molecule has 2 aliphatic rings. The molecule has 0 bridgehead atoms. The summed E-state index contributed by atoms with van der Waals surface area (Å²) in [7, 11) is 0. The molecular formula is C25H20Cl2SZr. The number of rotatable bonds is 2. The van der Waals surface area contributed by atoms with Gasteiger partial charge in [-0.3, -0.25) is 0 Å². The van der Waals surface area contributed by atoms with E-state index >= 15 is 0 Å². The number of thiophene rings is 1. The van der Waals surface area contributed by atoms with Crippen molar-refractivity contribution in [3.8, 4) is 10.4 Å². The molecule has 0 radical (unpaired) electrons. The van der Waals surface area contributed by atoms with Crippen LogP contribution < -0.4 is 24.8 Å². The van der Waals surface area contributed by atoms with Gasteiger partial charge in [-0.15, -0.1) is 11.3 Å². The Balaban J connectivity index is 0.000001000. The third-order valence-corrected chi connectivity index (χ3v) is 6.45. The molecule has 0 fully saturated rings. The van der Waals surface area contributed by atoms with Crippen molar-refractivity contribution in [1.29, 1.82) is 0 Å². The molecule has 0 nitrogen and oxygen atoms in total. The minimum atomic E-state index is 0. The average Bonchev–Trinajstić information content (AvgIpc) is 3.37. The Morgan fingerprint density at radius 2 is 1.66 bits per heavy atom. The maximum atomic E-state index is 2.34. The first-order valence-electron chi connectivity index (χ1n) is 9.10. The molecule has 2 aromatic carbocycles. The zero-order chi connectivity index (χ0) is 17.7. The van der Waals surface area contributed by atoms with Gasteiger partial charge in [0.05, 0.1) is 0 Å². The van der Waals surface area contributed by atoms with Crippen LogP contribution in [0.25, 0.3) is 38.4 Å². The minimum Gasteiger partial charge on any atom is -1.00 e. The van der Waals surface area contributed by atoms with Crippen molar-refractivity contribution in [1.82, 2.24) is 0 Å². The monoisotopic (exact) mass is 512 g/mol. The second kappa shape index (κ2) is 9.75. The average molecular weight is 515 g/mol. The van der Waals surface area contributed by atoms with Gasteiger partial charge in [0.1, 0.15) is 0 Å². The van der Waals surface area contributed by atoms with Crippen molar-refractivity contribution in [2.24, 2.45) is 0 Å². The molecule has 0 saturated carbocycles. The SMILES string of the molecule is CC(C)=C1C=Cc2sc(-c3ccc4ccccc4c3)c(C3=CC=CC3)c21.[Cl-].[Cl-].[Zr+2]. The first-order chi connectivity index (χ1) is 12.7. The van der Waals surface area contributed by atoms with Crippen LogP contribution in [-0.2, 0) is 26.2 Å². The number of hydrogen-bond acceptors (Lipinski definition) is 1. The van der Waals surface area contributed by atoms with Crippen molar-refractivity contribution >= 4 is 39.3 Å². The maximum absolute atomic E-state index is 2.34. The van der Waals surface area contributed by atoms with Crippen molar-refractivity contribution in [3.05, 3.63) is 88.3 Å². The van der Waals surface area contributed by atoms with Gasteiger partial charge in [-0.05, 0) is 59.9 Å². The predicted molar refractivity (Wildman–Crippen MR) is 116 cm³/mol. The van der Waals surface area contributed by atoms with Gasteiger partial charge in [-0.25, -0.2) is 0 Å². The predicted octanol–water partition coefficient (Wildman–Crippen LogP) is 1.74. The first-order valence-corrected chi connectivity index (χ1v) is 9.92. The van der Waals surface area contributed by atoms with Crippen molar-refractivity contribution in [2.75, 3.05) is 0 Å². The molecule has 0 atom stereocenters. The number of hydrogen-bond donors (Lipinski definition) is 0. The van der Waals surface area contributed by atoms with E-state index in [1.54, 1.807) is 0 Å². The Hall–Kier alpha value is -1.18. The molecule has 0 amide bonds. The molecule has 1 aromatic heterocycles. The minimum absolute atomic E-state index is 0. The molecule has 5 rings (SSSR count). The summed E-state index contributed by atoms with van der Waals surface area (Å²) in [6.07, 6.45) is 12.3. The zero-order valence-corrected chi connectivity index (χ0v) is 21.1. The molecule has 29 heavy (non-hydrogen) atoms. The van der Waals surface area contributed by atoms with E-state index in [4.69, 9.17) is 0 Å². The Bertz CT molecular complexity index is 1170. The van der Waals surface area contributed by atoms with Gasteiger partial charge in [0.15, 0.2) is 0 Å². The zero-order valence-electron chi connectivity index (χ0n) is 16.3. The number of halogens is 2. The van der Waals surface area contributed by atoms with Crippen LogP contribution in [0.1, 0.15) is 36.3 Å². The van der Waals surface area contributed by atoms with Crippen LogP contribution in [0.3, 0.4) is 0 Å². The third kappa shape index (κ3) is 4.19. The molecule has 0 aliphatic heterocycles. The second-order valence-corrected chi connectivity index (χ2v) is 8.23. The van der Waals surface area contributed by atoms with Crippen molar-refractivity contribution < 1.29 is 51.0 Å². The fraction of sp³-hybridized carbons (Fsp3) is 0.120. The van der Waals surface area contributed by atoms with Gasteiger partial charge in [0.25, 0.3) is 0 Å². The van der Waals surface area contributed by atoms with E-state index in [0.29, 0.717) is 0 Å². The van der Waals surface area contributed by atoms with E-state index in [0.717, 1.165) is 6.42 Å². The van der Waals surface area contributed by atoms with Crippen molar-refractivity contribution in [3.63, 3.8) is 0 Å². The quantitative estimate of drug-likeness (QED) is 0.489. The Morgan fingerprint density at radius 3 is 2.34 bits per heavy atom. The second-order valence-electron chi connectivity index (χ2n) is 7.18. The largest absolute Gasteiger partial charge is 2.00 e. The van der Waals surface area contributed by atoms with Crippen LogP contribution >= 0.6 is 11.3 Å². The van der Waals surface area contributed by atoms with Crippen LogP contribution in [0.4, 0.5) is 0 Å². The third-order valence-electron chi connectivity index (χ3n) is 5.25. The molecule has 0 spiro atoms. The molecule has 0 N–H and O–H groups in total. The fourth-order valence-corrected chi connectivity index (χ4v) is 5.22. The Morgan fingerprint density at radius 1 is 0.897 bits per heavy atom. The van der Waals surface area contributed by atoms with Gasteiger partial charge in [-0.1, -0.05) is 66.3 Å². The smallest absolute Gasteiger partial charge is 1.00 e. The van der Waals surface area contributed by atoms with Gasteiger partial charge in [0, 0.05) is 20.9 Å². The number of benzene rings is 2. The summed E-state index contributed by atoms with van der Waals surface area (Å²) in [5.41, 5.74) is 8.42. The normalized spacial score (nSPS) is 13.4.